The minimum absolute atomic E-state index is 0.195. The van der Waals surface area contributed by atoms with Crippen molar-refractivity contribution in [3.8, 4) is 0 Å². The van der Waals surface area contributed by atoms with Crippen molar-refractivity contribution < 1.29 is 19.1 Å². The van der Waals surface area contributed by atoms with Crippen LogP contribution in [0, 0.1) is 0 Å². The number of benzene rings is 1. The maximum absolute atomic E-state index is 12.1. The van der Waals surface area contributed by atoms with Crippen molar-refractivity contribution in [1.82, 2.24) is 20.4 Å². The van der Waals surface area contributed by atoms with E-state index in [0.29, 0.717) is 18.9 Å². The Kier molecular flexibility index (Phi) is 9.08. The second kappa shape index (κ2) is 12.3. The van der Waals surface area contributed by atoms with Gasteiger partial charge in [0.25, 0.3) is 0 Å². The molecule has 0 spiro atoms. The quantitative estimate of drug-likeness (QED) is 0.482. The summed E-state index contributed by atoms with van der Waals surface area (Å²) in [6.45, 7) is 11.1. The summed E-state index contributed by atoms with van der Waals surface area (Å²) in [5.41, 5.74) is 1.73. The molecule has 1 saturated carbocycles. The van der Waals surface area contributed by atoms with Crippen molar-refractivity contribution in [1.29, 1.82) is 0 Å². The molecular formula is C28H43N5O4. The molecule has 2 saturated heterocycles. The molecule has 1 unspecified atom stereocenters. The lowest BCUT2D eigenvalue weighted by Gasteiger charge is -2.42. The van der Waals surface area contributed by atoms with E-state index >= 15 is 0 Å². The van der Waals surface area contributed by atoms with Crippen molar-refractivity contribution in [3.05, 3.63) is 29.8 Å². The van der Waals surface area contributed by atoms with Gasteiger partial charge >= 0.3 is 6.09 Å². The predicted octanol–water partition coefficient (Wildman–Crippen LogP) is 2.90. The number of hydrogen-bond donors (Lipinski definition) is 3. The molecule has 3 aliphatic rings. The van der Waals surface area contributed by atoms with Crippen LogP contribution in [0.2, 0.25) is 0 Å². The van der Waals surface area contributed by atoms with Gasteiger partial charge in [-0.1, -0.05) is 12.1 Å². The monoisotopic (exact) mass is 513 g/mol. The second-order valence-electron chi connectivity index (χ2n) is 11.6. The summed E-state index contributed by atoms with van der Waals surface area (Å²) in [7, 11) is 0. The Labute approximate surface area is 220 Å². The van der Waals surface area contributed by atoms with Gasteiger partial charge in [0.15, 0.2) is 0 Å². The molecule has 1 aromatic rings. The summed E-state index contributed by atoms with van der Waals surface area (Å²) in [5.74, 6) is -0.441. The van der Waals surface area contributed by atoms with Crippen molar-refractivity contribution in [3.63, 3.8) is 0 Å². The fraction of sp³-hybridized carbons (Fsp3) is 0.679. The molecular weight excluding hydrogens is 470 g/mol. The summed E-state index contributed by atoms with van der Waals surface area (Å²) in [6, 6.07) is 8.76. The average Bonchev–Trinajstić information content (AvgIpc) is 2.85. The van der Waals surface area contributed by atoms with E-state index in [1.54, 1.807) is 0 Å². The zero-order chi connectivity index (χ0) is 26.4. The van der Waals surface area contributed by atoms with Crippen LogP contribution in [-0.4, -0.2) is 84.2 Å². The highest BCUT2D eigenvalue weighted by Gasteiger charge is 2.30. The molecule has 9 heteroatoms. The van der Waals surface area contributed by atoms with Crippen LogP contribution in [0.3, 0.4) is 0 Å². The molecule has 37 heavy (non-hydrogen) atoms. The average molecular weight is 514 g/mol. The Bertz CT molecular complexity index is 929. The van der Waals surface area contributed by atoms with E-state index in [4.69, 9.17) is 4.74 Å². The van der Waals surface area contributed by atoms with E-state index < -0.39 is 5.60 Å². The summed E-state index contributed by atoms with van der Waals surface area (Å²) in [6.07, 6.45) is 5.88. The first-order valence-corrected chi connectivity index (χ1v) is 13.8. The maximum Gasteiger partial charge on any atom is 0.407 e. The first-order valence-electron chi connectivity index (χ1n) is 13.8. The topological polar surface area (TPSA) is 103 Å². The van der Waals surface area contributed by atoms with E-state index in [1.165, 1.54) is 5.56 Å². The normalized spacial score (nSPS) is 25.9. The number of imide groups is 1. The van der Waals surface area contributed by atoms with Crippen LogP contribution in [-0.2, 0) is 20.7 Å². The number of hydrogen-bond acceptors (Lipinski definition) is 7. The van der Waals surface area contributed by atoms with Gasteiger partial charge in [0, 0.05) is 56.9 Å². The molecule has 3 fully saturated rings. The van der Waals surface area contributed by atoms with Crippen LogP contribution in [0.25, 0.3) is 0 Å². The molecule has 2 aliphatic heterocycles. The number of piperidine rings is 1. The number of nitrogens with zero attached hydrogens (tertiary/aromatic N) is 2. The number of anilines is 1. The molecule has 3 N–H and O–H groups in total. The Morgan fingerprint density at radius 3 is 2.30 bits per heavy atom. The molecule has 1 atom stereocenters. The summed E-state index contributed by atoms with van der Waals surface area (Å²) < 4.78 is 5.40. The second-order valence-corrected chi connectivity index (χ2v) is 11.6. The maximum atomic E-state index is 12.1. The minimum atomic E-state index is -0.459. The standard InChI is InChI=1S/C28H43N5O4/c1-28(2,3)37-27(36)30-22-8-10-23(11-9-22)33-18-16-32(17-19-33)15-14-20-4-6-21(7-5-20)29-24-12-13-25(34)31-26(24)35/h4-7,22-24,29H,8-19H2,1-3H3,(H,30,36)(H,31,34,35). The van der Waals surface area contributed by atoms with Crippen molar-refractivity contribution in [2.75, 3.05) is 38.0 Å². The van der Waals surface area contributed by atoms with Gasteiger partial charge in [-0.05, 0) is 77.0 Å². The van der Waals surface area contributed by atoms with Crippen molar-refractivity contribution >= 4 is 23.6 Å². The molecule has 0 bridgehead atoms. The van der Waals surface area contributed by atoms with Gasteiger partial charge in [-0.2, -0.15) is 0 Å². The largest absolute Gasteiger partial charge is 0.444 e. The molecule has 1 aliphatic carbocycles. The van der Waals surface area contributed by atoms with Crippen LogP contribution in [0.15, 0.2) is 24.3 Å². The number of piperazine rings is 1. The Balaban J connectivity index is 1.12. The summed E-state index contributed by atoms with van der Waals surface area (Å²) in [4.78, 5) is 40.5. The zero-order valence-electron chi connectivity index (χ0n) is 22.6. The van der Waals surface area contributed by atoms with E-state index in [1.807, 2.05) is 32.9 Å². The third kappa shape index (κ3) is 8.43. The predicted molar refractivity (Wildman–Crippen MR) is 143 cm³/mol. The number of nitrogens with one attached hydrogen (secondary N) is 3. The van der Waals surface area contributed by atoms with E-state index in [9.17, 15) is 14.4 Å². The lowest BCUT2D eigenvalue weighted by Crippen LogP contribution is -2.52. The first-order chi connectivity index (χ1) is 17.6. The molecule has 3 amide bonds. The van der Waals surface area contributed by atoms with Crippen molar-refractivity contribution in [2.24, 2.45) is 0 Å². The fourth-order valence-corrected chi connectivity index (χ4v) is 5.50. The first kappa shape index (κ1) is 27.4. The van der Waals surface area contributed by atoms with Crippen LogP contribution in [0.5, 0.6) is 0 Å². The van der Waals surface area contributed by atoms with Crippen LogP contribution in [0.4, 0.5) is 10.5 Å². The number of carbonyl (C=O) groups is 3. The Morgan fingerprint density at radius 1 is 1.00 bits per heavy atom. The van der Waals surface area contributed by atoms with Gasteiger partial charge in [-0.15, -0.1) is 0 Å². The highest BCUT2D eigenvalue weighted by Crippen LogP contribution is 2.25. The van der Waals surface area contributed by atoms with Gasteiger partial charge in [-0.25, -0.2) is 4.79 Å². The smallest absolute Gasteiger partial charge is 0.407 e. The lowest BCUT2D eigenvalue weighted by molar-refractivity contribution is -0.133. The Morgan fingerprint density at radius 2 is 1.68 bits per heavy atom. The molecule has 2 heterocycles. The highest BCUT2D eigenvalue weighted by atomic mass is 16.6. The Hall–Kier alpha value is -2.65. The minimum Gasteiger partial charge on any atom is -0.444 e. The van der Waals surface area contributed by atoms with E-state index in [-0.39, 0.29) is 30.0 Å². The van der Waals surface area contributed by atoms with Gasteiger partial charge in [0.2, 0.25) is 11.8 Å². The molecule has 0 radical (unpaired) electrons. The lowest BCUT2D eigenvalue weighted by atomic mass is 9.90. The van der Waals surface area contributed by atoms with E-state index in [0.717, 1.165) is 70.5 Å². The third-order valence-corrected chi connectivity index (χ3v) is 7.59. The van der Waals surface area contributed by atoms with Gasteiger partial charge in [-0.3, -0.25) is 19.8 Å². The van der Waals surface area contributed by atoms with Crippen LogP contribution < -0.4 is 16.0 Å². The molecule has 1 aromatic carbocycles. The number of ether oxygens (including phenoxy) is 1. The molecule has 4 rings (SSSR count). The number of carbonyl (C=O) groups excluding carboxylic acids is 3. The SMILES string of the molecule is CC(C)(C)OC(=O)NC1CCC(N2CCN(CCc3ccc(NC4CCC(=O)NC4=O)cc3)CC2)CC1. The summed E-state index contributed by atoms with van der Waals surface area (Å²) in [5, 5.41) is 8.66. The van der Waals surface area contributed by atoms with Gasteiger partial charge < -0.3 is 20.3 Å². The number of amides is 3. The highest BCUT2D eigenvalue weighted by molar-refractivity contribution is 6.01. The number of alkyl carbamates (subject to hydrolysis) is 1. The third-order valence-electron chi connectivity index (χ3n) is 7.59. The fourth-order valence-electron chi connectivity index (χ4n) is 5.50. The van der Waals surface area contributed by atoms with Crippen molar-refractivity contribution in [2.45, 2.75) is 89.4 Å². The number of rotatable bonds is 7. The van der Waals surface area contributed by atoms with Crippen LogP contribution >= 0.6 is 0 Å². The molecule has 204 valence electrons. The molecule has 9 nitrogen and oxygen atoms in total. The van der Waals surface area contributed by atoms with Gasteiger partial charge in [0.1, 0.15) is 11.6 Å². The summed E-state index contributed by atoms with van der Waals surface area (Å²) >= 11 is 0. The zero-order valence-corrected chi connectivity index (χ0v) is 22.6. The van der Waals surface area contributed by atoms with Crippen LogP contribution in [0.1, 0.15) is 64.9 Å². The van der Waals surface area contributed by atoms with Gasteiger partial charge in [0.05, 0.1) is 0 Å². The van der Waals surface area contributed by atoms with E-state index in [2.05, 4.69) is 37.9 Å². The molecule has 0 aromatic heterocycles.